The fraction of sp³-hybridized carbons (Fsp3) is 0.0312. The molecule has 0 unspecified atom stereocenters. The molecule has 0 bridgehead atoms. The van der Waals surface area contributed by atoms with Crippen molar-refractivity contribution >= 4 is 42.9 Å². The molecule has 166 valence electrons. The molecule has 3 heteroatoms. The van der Waals surface area contributed by atoms with Gasteiger partial charge in [-0.15, -0.1) is 11.3 Å². The number of benzene rings is 5. The van der Waals surface area contributed by atoms with E-state index < -0.39 is 0 Å². The van der Waals surface area contributed by atoms with E-state index in [2.05, 4.69) is 109 Å². The first-order chi connectivity index (χ1) is 17.2. The van der Waals surface area contributed by atoms with Gasteiger partial charge in [-0.2, -0.15) is 5.26 Å². The third-order valence-corrected chi connectivity index (χ3v) is 7.59. The van der Waals surface area contributed by atoms with Crippen LogP contribution in [0.15, 0.2) is 109 Å². The molecule has 0 saturated heterocycles. The molecule has 1 aromatic heterocycles. The normalized spacial score (nSPS) is 11.0. The number of rotatable bonds is 4. The summed E-state index contributed by atoms with van der Waals surface area (Å²) < 4.78 is 2.60. The topological polar surface area (TPSA) is 35.8 Å². The monoisotopic (exact) mass is 466 g/mol. The Morgan fingerprint density at radius 1 is 0.686 bits per heavy atom. The van der Waals surface area contributed by atoms with Crippen molar-refractivity contribution in [3.8, 4) is 28.3 Å². The van der Waals surface area contributed by atoms with Gasteiger partial charge in [-0.3, -0.25) is 0 Å². The van der Waals surface area contributed by atoms with Crippen LogP contribution in [0.2, 0.25) is 0 Å². The maximum absolute atomic E-state index is 9.50. The molecule has 0 saturated carbocycles. The molecule has 5 aromatic carbocycles. The molecular weight excluding hydrogens is 444 g/mol. The number of nitrogens with one attached hydrogen (secondary N) is 1. The summed E-state index contributed by atoms with van der Waals surface area (Å²) in [4.78, 5) is 0. The van der Waals surface area contributed by atoms with E-state index in [-0.39, 0.29) is 0 Å². The van der Waals surface area contributed by atoms with Crippen molar-refractivity contribution in [1.82, 2.24) is 0 Å². The molecule has 0 radical (unpaired) electrons. The average molecular weight is 467 g/mol. The fourth-order valence-electron chi connectivity index (χ4n) is 4.58. The number of anilines is 2. The lowest BCUT2D eigenvalue weighted by atomic mass is 9.95. The van der Waals surface area contributed by atoms with E-state index >= 15 is 0 Å². The van der Waals surface area contributed by atoms with Crippen LogP contribution in [0, 0.1) is 18.3 Å². The van der Waals surface area contributed by atoms with Gasteiger partial charge in [-0.25, -0.2) is 0 Å². The van der Waals surface area contributed by atoms with E-state index in [1.165, 1.54) is 31.3 Å². The van der Waals surface area contributed by atoms with Crippen molar-refractivity contribution in [2.24, 2.45) is 0 Å². The van der Waals surface area contributed by atoms with Crippen molar-refractivity contribution in [1.29, 1.82) is 5.26 Å². The second kappa shape index (κ2) is 8.76. The zero-order valence-corrected chi connectivity index (χ0v) is 20.1. The smallest absolute Gasteiger partial charge is 0.0991 e. The lowest BCUT2D eigenvalue weighted by Gasteiger charge is -2.15. The molecule has 1 N–H and O–H groups in total. The van der Waals surface area contributed by atoms with Crippen LogP contribution in [0.25, 0.3) is 42.4 Å². The predicted octanol–water partition coefficient (Wildman–Crippen LogP) is 9.31. The molecule has 0 amide bonds. The maximum atomic E-state index is 9.50. The number of hydrogen-bond donors (Lipinski definition) is 1. The first-order valence-corrected chi connectivity index (χ1v) is 12.4. The highest BCUT2D eigenvalue weighted by molar-refractivity contribution is 7.26. The van der Waals surface area contributed by atoms with E-state index in [1.54, 1.807) is 0 Å². The number of fused-ring (bicyclic) bond motifs is 3. The number of thiophene rings is 1. The first kappa shape index (κ1) is 21.2. The van der Waals surface area contributed by atoms with Crippen LogP contribution in [0.1, 0.15) is 11.1 Å². The molecule has 1 heterocycles. The zero-order valence-electron chi connectivity index (χ0n) is 19.2. The number of hydrogen-bond acceptors (Lipinski definition) is 3. The van der Waals surface area contributed by atoms with E-state index in [0.29, 0.717) is 5.56 Å². The molecule has 0 aliphatic rings. The summed E-state index contributed by atoms with van der Waals surface area (Å²) in [5.41, 5.74) is 8.40. The van der Waals surface area contributed by atoms with Crippen molar-refractivity contribution < 1.29 is 0 Å². The van der Waals surface area contributed by atoms with Crippen molar-refractivity contribution in [2.75, 3.05) is 5.32 Å². The van der Waals surface area contributed by atoms with Gasteiger partial charge in [0.1, 0.15) is 0 Å². The summed E-state index contributed by atoms with van der Waals surface area (Å²) in [6.07, 6.45) is 0. The molecule has 0 spiro atoms. The van der Waals surface area contributed by atoms with Gasteiger partial charge in [0.15, 0.2) is 0 Å². The minimum atomic E-state index is 0.654. The van der Waals surface area contributed by atoms with Crippen LogP contribution in [0.3, 0.4) is 0 Å². The highest BCUT2D eigenvalue weighted by Gasteiger charge is 2.13. The number of aryl methyl sites for hydroxylation is 1. The number of nitriles is 1. The summed E-state index contributed by atoms with van der Waals surface area (Å²) in [7, 11) is 0. The second-order valence-electron chi connectivity index (χ2n) is 8.72. The second-order valence-corrected chi connectivity index (χ2v) is 9.78. The molecule has 0 fully saturated rings. The first-order valence-electron chi connectivity index (χ1n) is 11.6. The van der Waals surface area contributed by atoms with E-state index in [4.69, 9.17) is 0 Å². The van der Waals surface area contributed by atoms with Gasteiger partial charge < -0.3 is 5.32 Å². The third kappa shape index (κ3) is 3.95. The van der Waals surface area contributed by atoms with Gasteiger partial charge in [0.05, 0.1) is 11.6 Å². The Labute approximate surface area is 208 Å². The van der Waals surface area contributed by atoms with Crippen LogP contribution in [-0.2, 0) is 0 Å². The SMILES string of the molecule is Cc1ccc(Nc2ccc(-c3cccc4c3sc3ccccc34)cc2-c2cccc(C#N)c2)cc1. The van der Waals surface area contributed by atoms with Crippen LogP contribution < -0.4 is 5.32 Å². The summed E-state index contributed by atoms with van der Waals surface area (Å²) in [5.74, 6) is 0. The van der Waals surface area contributed by atoms with E-state index in [0.717, 1.165) is 28.1 Å². The summed E-state index contributed by atoms with van der Waals surface area (Å²) >= 11 is 1.84. The van der Waals surface area contributed by atoms with Crippen LogP contribution >= 0.6 is 11.3 Å². The predicted molar refractivity (Wildman–Crippen MR) is 149 cm³/mol. The van der Waals surface area contributed by atoms with Gasteiger partial charge in [-0.1, -0.05) is 72.3 Å². The molecule has 6 rings (SSSR count). The van der Waals surface area contributed by atoms with Crippen LogP contribution in [-0.4, -0.2) is 0 Å². The number of nitrogens with zero attached hydrogens (tertiary/aromatic N) is 1. The Balaban J connectivity index is 1.54. The maximum Gasteiger partial charge on any atom is 0.0991 e. The Bertz CT molecular complexity index is 1740. The largest absolute Gasteiger partial charge is 0.355 e. The summed E-state index contributed by atoms with van der Waals surface area (Å²) in [6.45, 7) is 2.09. The Hall–Kier alpha value is -4.39. The minimum Gasteiger partial charge on any atom is -0.355 e. The van der Waals surface area contributed by atoms with Gasteiger partial charge in [-0.05, 0) is 66.1 Å². The lowest BCUT2D eigenvalue weighted by molar-refractivity contribution is 1.45. The van der Waals surface area contributed by atoms with Crippen molar-refractivity contribution in [3.05, 3.63) is 120 Å². The van der Waals surface area contributed by atoms with Crippen LogP contribution in [0.5, 0.6) is 0 Å². The average Bonchev–Trinajstić information content (AvgIpc) is 3.29. The zero-order chi connectivity index (χ0) is 23.8. The van der Waals surface area contributed by atoms with Crippen molar-refractivity contribution in [2.45, 2.75) is 6.92 Å². The molecular formula is C32H22N2S. The van der Waals surface area contributed by atoms with Crippen molar-refractivity contribution in [3.63, 3.8) is 0 Å². The fourth-order valence-corrected chi connectivity index (χ4v) is 5.82. The summed E-state index contributed by atoms with van der Waals surface area (Å²) in [6, 6.07) is 40.2. The summed E-state index contributed by atoms with van der Waals surface area (Å²) in [5, 5.41) is 15.7. The molecule has 6 aromatic rings. The Kier molecular flexibility index (Phi) is 5.29. The lowest BCUT2D eigenvalue weighted by Crippen LogP contribution is -1.95. The molecule has 35 heavy (non-hydrogen) atoms. The third-order valence-electron chi connectivity index (χ3n) is 6.37. The molecule has 0 atom stereocenters. The van der Waals surface area contributed by atoms with Gasteiger partial charge in [0.25, 0.3) is 0 Å². The Morgan fingerprint density at radius 2 is 1.46 bits per heavy atom. The highest BCUT2D eigenvalue weighted by atomic mass is 32.1. The quantitative estimate of drug-likeness (QED) is 0.281. The Morgan fingerprint density at radius 3 is 2.31 bits per heavy atom. The van der Waals surface area contributed by atoms with Gasteiger partial charge in [0.2, 0.25) is 0 Å². The molecule has 0 aliphatic carbocycles. The van der Waals surface area contributed by atoms with E-state index in [1.807, 2.05) is 29.5 Å². The molecule has 2 nitrogen and oxygen atoms in total. The minimum absolute atomic E-state index is 0.654. The van der Waals surface area contributed by atoms with Gasteiger partial charge in [0, 0.05) is 37.1 Å². The standard InChI is InChI=1S/C32H22N2S/c1-21-12-15-25(16-13-21)34-30-17-14-24(19-29(30)23-7-4-6-22(18-23)20-33)26-9-5-10-28-27-8-2-3-11-31(27)35-32(26)28/h2-19,34H,1H3. The highest BCUT2D eigenvalue weighted by Crippen LogP contribution is 2.42. The van der Waals surface area contributed by atoms with Crippen LogP contribution in [0.4, 0.5) is 11.4 Å². The van der Waals surface area contributed by atoms with E-state index in [9.17, 15) is 5.26 Å². The molecule has 0 aliphatic heterocycles. The van der Waals surface area contributed by atoms with Gasteiger partial charge >= 0.3 is 0 Å².